The Morgan fingerprint density at radius 1 is 1.64 bits per heavy atom. The second-order valence-electron chi connectivity index (χ2n) is 2.72. The number of H-pyrrole nitrogens is 1. The fourth-order valence-corrected chi connectivity index (χ4v) is 2.33. The first-order valence-corrected chi connectivity index (χ1v) is 6.94. The van der Waals surface area contributed by atoms with E-state index in [2.05, 4.69) is 14.7 Å². The quantitative estimate of drug-likeness (QED) is 0.723. The minimum absolute atomic E-state index is 0.121. The van der Waals surface area contributed by atoms with E-state index in [0.717, 1.165) is 5.75 Å². The van der Waals surface area contributed by atoms with Crippen molar-refractivity contribution in [3.8, 4) is 0 Å². The molecule has 7 heteroatoms. The van der Waals surface area contributed by atoms with Crippen LogP contribution in [0.25, 0.3) is 0 Å². The summed E-state index contributed by atoms with van der Waals surface area (Å²) < 4.78 is 25.5. The molecule has 0 aromatic carbocycles. The van der Waals surface area contributed by atoms with Crippen LogP contribution in [-0.2, 0) is 10.0 Å². The van der Waals surface area contributed by atoms with Crippen LogP contribution in [0.15, 0.2) is 11.2 Å². The molecule has 1 aromatic heterocycles. The van der Waals surface area contributed by atoms with Crippen molar-refractivity contribution >= 4 is 21.8 Å². The Hall–Kier alpha value is -0.530. The number of rotatable bonds is 5. The first kappa shape index (κ1) is 11.5. The summed E-state index contributed by atoms with van der Waals surface area (Å²) in [6.07, 6.45) is 3.24. The molecule has 0 fully saturated rings. The van der Waals surface area contributed by atoms with Gasteiger partial charge in [0.15, 0.2) is 5.03 Å². The highest BCUT2D eigenvalue weighted by atomic mass is 32.2. The van der Waals surface area contributed by atoms with E-state index < -0.39 is 10.0 Å². The number of sulfonamides is 1. The topological polar surface area (TPSA) is 74.8 Å². The molecule has 0 spiro atoms. The Morgan fingerprint density at radius 3 is 2.86 bits per heavy atom. The lowest BCUT2D eigenvalue weighted by atomic mass is 10.8. The number of aromatic amines is 1. The molecule has 2 N–H and O–H groups in total. The summed E-state index contributed by atoms with van der Waals surface area (Å²) in [5, 5.41) is 0.121. The average molecular weight is 235 g/mol. The van der Waals surface area contributed by atoms with Gasteiger partial charge >= 0.3 is 0 Å². The number of imidazole rings is 1. The molecular formula is C7H13N3O2S2. The second-order valence-corrected chi connectivity index (χ2v) is 5.44. The van der Waals surface area contributed by atoms with Crippen molar-refractivity contribution in [2.45, 2.75) is 11.9 Å². The molecule has 1 rings (SSSR count). The summed E-state index contributed by atoms with van der Waals surface area (Å²) in [6.45, 7) is 2.14. The average Bonchev–Trinajstić information content (AvgIpc) is 2.53. The van der Waals surface area contributed by atoms with Crippen molar-refractivity contribution in [1.82, 2.24) is 14.7 Å². The van der Waals surface area contributed by atoms with Crippen LogP contribution in [0.1, 0.15) is 5.82 Å². The molecule has 0 saturated heterocycles. The van der Waals surface area contributed by atoms with Crippen LogP contribution >= 0.6 is 11.8 Å². The maximum Gasteiger partial charge on any atom is 0.257 e. The van der Waals surface area contributed by atoms with Crippen LogP contribution in [0.4, 0.5) is 0 Å². The largest absolute Gasteiger partial charge is 0.332 e. The molecule has 0 aliphatic carbocycles. The molecule has 0 radical (unpaired) electrons. The van der Waals surface area contributed by atoms with E-state index in [-0.39, 0.29) is 5.03 Å². The molecule has 5 nitrogen and oxygen atoms in total. The van der Waals surface area contributed by atoms with Crippen molar-refractivity contribution in [3.05, 3.63) is 12.0 Å². The molecule has 0 atom stereocenters. The van der Waals surface area contributed by atoms with Gasteiger partial charge in [0.2, 0.25) is 0 Å². The van der Waals surface area contributed by atoms with E-state index in [0.29, 0.717) is 12.4 Å². The van der Waals surface area contributed by atoms with Gasteiger partial charge in [0.05, 0.1) is 6.20 Å². The third-order valence-electron chi connectivity index (χ3n) is 1.57. The fourth-order valence-electron chi connectivity index (χ4n) is 0.891. The summed E-state index contributed by atoms with van der Waals surface area (Å²) >= 11 is 1.59. The van der Waals surface area contributed by atoms with E-state index in [4.69, 9.17) is 0 Å². The highest BCUT2D eigenvalue weighted by molar-refractivity contribution is 7.98. The van der Waals surface area contributed by atoms with Crippen LogP contribution in [0.5, 0.6) is 0 Å². The predicted octanol–water partition coefficient (Wildman–Crippen LogP) is 0.359. The molecule has 80 valence electrons. The Kier molecular flexibility index (Phi) is 3.97. The molecule has 14 heavy (non-hydrogen) atoms. The van der Waals surface area contributed by atoms with Crippen molar-refractivity contribution < 1.29 is 8.42 Å². The van der Waals surface area contributed by atoms with Gasteiger partial charge in [-0.15, -0.1) is 0 Å². The molecule has 0 amide bonds. The van der Waals surface area contributed by atoms with Gasteiger partial charge in [-0.25, -0.2) is 18.1 Å². The second kappa shape index (κ2) is 4.81. The summed E-state index contributed by atoms with van der Waals surface area (Å²) in [6, 6.07) is 0. The zero-order valence-electron chi connectivity index (χ0n) is 8.07. The number of nitrogens with zero attached hydrogens (tertiary/aromatic N) is 1. The minimum Gasteiger partial charge on any atom is -0.332 e. The lowest BCUT2D eigenvalue weighted by Crippen LogP contribution is -2.26. The highest BCUT2D eigenvalue weighted by Gasteiger charge is 2.14. The van der Waals surface area contributed by atoms with E-state index >= 15 is 0 Å². The molecule has 1 aromatic rings. The molecule has 0 aliphatic heterocycles. The maximum atomic E-state index is 11.5. The predicted molar refractivity (Wildman–Crippen MR) is 56.9 cm³/mol. The van der Waals surface area contributed by atoms with Crippen molar-refractivity contribution in [3.63, 3.8) is 0 Å². The third-order valence-corrected chi connectivity index (χ3v) is 3.55. The lowest BCUT2D eigenvalue weighted by molar-refractivity contribution is 0.581. The summed E-state index contributed by atoms with van der Waals surface area (Å²) in [7, 11) is -3.39. The van der Waals surface area contributed by atoms with Crippen molar-refractivity contribution in [1.29, 1.82) is 0 Å². The Balaban J connectivity index is 2.66. The van der Waals surface area contributed by atoms with E-state index in [9.17, 15) is 8.42 Å². The van der Waals surface area contributed by atoms with Crippen LogP contribution in [0, 0.1) is 6.92 Å². The standard InChI is InChI=1S/C7H13N3O2S2/c1-6-8-5-7(10-6)14(11,12)9-3-4-13-2/h5,9H,3-4H2,1-2H3,(H,8,10). The number of hydrogen-bond donors (Lipinski definition) is 2. The molecule has 1 heterocycles. The zero-order valence-corrected chi connectivity index (χ0v) is 9.70. The van der Waals surface area contributed by atoms with Gasteiger partial charge in [-0.2, -0.15) is 11.8 Å². The smallest absolute Gasteiger partial charge is 0.257 e. The summed E-state index contributed by atoms with van der Waals surface area (Å²) in [5.41, 5.74) is 0. The van der Waals surface area contributed by atoms with Gasteiger partial charge in [0, 0.05) is 12.3 Å². The fraction of sp³-hybridized carbons (Fsp3) is 0.571. The molecule has 0 aliphatic rings. The SMILES string of the molecule is CSCCNS(=O)(=O)c1cnc(C)[nH]1. The van der Waals surface area contributed by atoms with E-state index in [1.54, 1.807) is 18.7 Å². The Bertz CT molecular complexity index is 385. The lowest BCUT2D eigenvalue weighted by Gasteiger charge is -2.02. The highest BCUT2D eigenvalue weighted by Crippen LogP contribution is 2.04. The van der Waals surface area contributed by atoms with E-state index in [1.165, 1.54) is 6.20 Å². The van der Waals surface area contributed by atoms with Crippen LogP contribution in [-0.4, -0.2) is 36.9 Å². The molecular weight excluding hydrogens is 222 g/mol. The molecule has 0 unspecified atom stereocenters. The van der Waals surface area contributed by atoms with Gasteiger partial charge in [-0.1, -0.05) is 0 Å². The van der Waals surface area contributed by atoms with Crippen molar-refractivity contribution in [2.75, 3.05) is 18.6 Å². The normalized spacial score (nSPS) is 11.9. The number of hydrogen-bond acceptors (Lipinski definition) is 4. The van der Waals surface area contributed by atoms with E-state index in [1.807, 2.05) is 6.26 Å². The maximum absolute atomic E-state index is 11.5. The van der Waals surface area contributed by atoms with Gasteiger partial charge in [0.25, 0.3) is 10.0 Å². The van der Waals surface area contributed by atoms with Crippen molar-refractivity contribution in [2.24, 2.45) is 0 Å². The molecule has 0 bridgehead atoms. The molecule has 0 saturated carbocycles. The first-order valence-electron chi connectivity index (χ1n) is 4.06. The first-order chi connectivity index (χ1) is 6.56. The van der Waals surface area contributed by atoms with Gasteiger partial charge in [0.1, 0.15) is 5.82 Å². The van der Waals surface area contributed by atoms with Gasteiger partial charge in [-0.05, 0) is 13.2 Å². The summed E-state index contributed by atoms with van der Waals surface area (Å²) in [5.74, 6) is 1.35. The van der Waals surface area contributed by atoms with Crippen LogP contribution in [0.3, 0.4) is 0 Å². The van der Waals surface area contributed by atoms with Crippen LogP contribution < -0.4 is 4.72 Å². The number of aromatic nitrogens is 2. The van der Waals surface area contributed by atoms with Crippen LogP contribution in [0.2, 0.25) is 0 Å². The minimum atomic E-state index is -3.39. The van der Waals surface area contributed by atoms with Gasteiger partial charge < -0.3 is 4.98 Å². The number of thioether (sulfide) groups is 1. The van der Waals surface area contributed by atoms with Gasteiger partial charge in [-0.3, -0.25) is 0 Å². The monoisotopic (exact) mass is 235 g/mol. The Labute approximate surface area is 87.8 Å². The number of nitrogens with one attached hydrogen (secondary N) is 2. The summed E-state index contributed by atoms with van der Waals surface area (Å²) in [4.78, 5) is 6.51. The number of aryl methyl sites for hydroxylation is 1. The zero-order chi connectivity index (χ0) is 10.6. The Morgan fingerprint density at radius 2 is 2.36 bits per heavy atom. The third kappa shape index (κ3) is 3.00.